The van der Waals surface area contributed by atoms with Crippen molar-refractivity contribution in [1.29, 1.82) is 0 Å². The summed E-state index contributed by atoms with van der Waals surface area (Å²) in [6.07, 6.45) is -4.42. The minimum Gasteiger partial charge on any atom is -0.370 e. The number of benzene rings is 1. The van der Waals surface area contributed by atoms with Gasteiger partial charge in [0.15, 0.2) is 0 Å². The molecule has 0 aliphatic heterocycles. The van der Waals surface area contributed by atoms with Crippen molar-refractivity contribution in [3.05, 3.63) is 57.9 Å². The van der Waals surface area contributed by atoms with Gasteiger partial charge in [-0.2, -0.15) is 13.2 Å². The van der Waals surface area contributed by atoms with Crippen molar-refractivity contribution in [3.8, 4) is 11.3 Å². The molecule has 2 N–H and O–H groups in total. The van der Waals surface area contributed by atoms with Gasteiger partial charge in [-0.3, -0.25) is 9.59 Å². The number of carbonyl (C=O) groups is 1. The van der Waals surface area contributed by atoms with Crippen LogP contribution in [-0.2, 0) is 4.74 Å². The first kappa shape index (κ1) is 19.7. The predicted molar refractivity (Wildman–Crippen MR) is 91.0 cm³/mol. The number of ether oxygens (including phenoxy) is 1. The number of aryl methyl sites for hydroxylation is 1. The van der Waals surface area contributed by atoms with Crippen molar-refractivity contribution >= 4 is 5.91 Å². The minimum absolute atomic E-state index is 0.121. The number of rotatable bonds is 6. The van der Waals surface area contributed by atoms with E-state index in [1.807, 2.05) is 31.2 Å². The fraction of sp³-hybridized carbons (Fsp3) is 0.333. The number of H-pyrrole nitrogens is 1. The highest BCUT2D eigenvalue weighted by atomic mass is 19.4. The zero-order valence-corrected chi connectivity index (χ0v) is 14.3. The highest BCUT2D eigenvalue weighted by Crippen LogP contribution is 2.17. The molecular weight excluding hydrogens is 349 g/mol. The maximum Gasteiger partial charge on any atom is 0.411 e. The number of hydrogen-bond donors (Lipinski definition) is 2. The molecule has 0 aliphatic rings. The van der Waals surface area contributed by atoms with E-state index in [1.165, 1.54) is 13.0 Å². The van der Waals surface area contributed by atoms with Gasteiger partial charge in [-0.05, 0) is 37.6 Å². The molecule has 8 heteroatoms. The molecule has 0 aliphatic carbocycles. The molecule has 0 spiro atoms. The van der Waals surface area contributed by atoms with Gasteiger partial charge in [-0.1, -0.05) is 23.8 Å². The summed E-state index contributed by atoms with van der Waals surface area (Å²) in [6, 6.07) is 9.81. The minimum atomic E-state index is -4.42. The number of aromatic nitrogens is 1. The van der Waals surface area contributed by atoms with Gasteiger partial charge in [0.1, 0.15) is 12.2 Å². The number of pyridine rings is 1. The predicted octanol–water partition coefficient (Wildman–Crippen LogP) is 3.05. The van der Waals surface area contributed by atoms with Gasteiger partial charge in [0.2, 0.25) is 0 Å². The summed E-state index contributed by atoms with van der Waals surface area (Å²) >= 11 is 0. The molecule has 0 radical (unpaired) electrons. The third kappa shape index (κ3) is 5.73. The SMILES string of the molecule is Cc1cccc(-c2ccc(C(=O)N[C@@H](C)COCC(F)(F)F)c(=O)[nH]2)c1. The number of hydrogen-bond acceptors (Lipinski definition) is 3. The number of aromatic amines is 1. The number of nitrogens with one attached hydrogen (secondary N) is 2. The first-order chi connectivity index (χ1) is 12.2. The largest absolute Gasteiger partial charge is 0.411 e. The normalized spacial score (nSPS) is 12.7. The molecule has 1 amide bonds. The van der Waals surface area contributed by atoms with Crippen LogP contribution in [0.5, 0.6) is 0 Å². The first-order valence-corrected chi connectivity index (χ1v) is 7.91. The monoisotopic (exact) mass is 368 g/mol. The van der Waals surface area contributed by atoms with E-state index in [1.54, 1.807) is 6.07 Å². The fourth-order valence-corrected chi connectivity index (χ4v) is 2.33. The first-order valence-electron chi connectivity index (χ1n) is 7.91. The van der Waals surface area contributed by atoms with Crippen LogP contribution in [0.15, 0.2) is 41.2 Å². The molecule has 5 nitrogen and oxygen atoms in total. The molecule has 2 aromatic rings. The van der Waals surface area contributed by atoms with Gasteiger partial charge in [-0.25, -0.2) is 0 Å². The van der Waals surface area contributed by atoms with E-state index < -0.39 is 30.3 Å². The van der Waals surface area contributed by atoms with E-state index >= 15 is 0 Å². The van der Waals surface area contributed by atoms with Crippen LogP contribution in [-0.4, -0.2) is 36.3 Å². The molecule has 0 saturated carbocycles. The summed E-state index contributed by atoms with van der Waals surface area (Å²) in [5.41, 5.74) is 1.70. The lowest BCUT2D eigenvalue weighted by atomic mass is 10.1. The lowest BCUT2D eigenvalue weighted by molar-refractivity contribution is -0.174. The summed E-state index contributed by atoms with van der Waals surface area (Å²) < 4.78 is 40.6. The van der Waals surface area contributed by atoms with Crippen LogP contribution in [0.25, 0.3) is 11.3 Å². The second-order valence-corrected chi connectivity index (χ2v) is 5.99. The lowest BCUT2D eigenvalue weighted by Crippen LogP contribution is -2.39. The summed E-state index contributed by atoms with van der Waals surface area (Å²) in [6.45, 7) is 1.71. The standard InChI is InChI=1S/C18H19F3N2O3/c1-11-4-3-5-13(8-11)15-7-6-14(17(25)23-15)16(24)22-12(2)9-26-10-18(19,20)21/h3-8,12H,9-10H2,1-2H3,(H,22,24)(H,23,25)/t12-/m0/s1. The number of halogens is 3. The topological polar surface area (TPSA) is 71.2 Å². The van der Waals surface area contributed by atoms with Crippen LogP contribution in [0.3, 0.4) is 0 Å². The highest BCUT2D eigenvalue weighted by Gasteiger charge is 2.27. The van der Waals surface area contributed by atoms with E-state index in [2.05, 4.69) is 15.0 Å². The second kappa shape index (κ2) is 8.18. The average Bonchev–Trinajstić information content (AvgIpc) is 2.53. The van der Waals surface area contributed by atoms with Crippen molar-refractivity contribution < 1.29 is 22.7 Å². The second-order valence-electron chi connectivity index (χ2n) is 5.99. The molecule has 1 aromatic carbocycles. The zero-order chi connectivity index (χ0) is 19.3. The van der Waals surface area contributed by atoms with Gasteiger partial charge in [0.05, 0.1) is 6.61 Å². The van der Waals surface area contributed by atoms with Crippen molar-refractivity contribution in [3.63, 3.8) is 0 Å². The number of carbonyl (C=O) groups excluding carboxylic acids is 1. The molecule has 0 bridgehead atoms. The smallest absolute Gasteiger partial charge is 0.370 e. The maximum absolute atomic E-state index is 12.2. The Bertz CT molecular complexity index is 831. The molecule has 1 heterocycles. The third-order valence-electron chi connectivity index (χ3n) is 3.49. The lowest BCUT2D eigenvalue weighted by Gasteiger charge is -2.15. The summed E-state index contributed by atoms with van der Waals surface area (Å²) in [7, 11) is 0. The van der Waals surface area contributed by atoms with E-state index in [4.69, 9.17) is 0 Å². The summed E-state index contributed by atoms with van der Waals surface area (Å²) in [5.74, 6) is -0.676. The Hall–Kier alpha value is -2.61. The molecule has 140 valence electrons. The van der Waals surface area contributed by atoms with Crippen LogP contribution >= 0.6 is 0 Å². The quantitative estimate of drug-likeness (QED) is 0.823. The molecule has 0 fully saturated rings. The van der Waals surface area contributed by atoms with Gasteiger partial charge in [-0.15, -0.1) is 0 Å². The molecular formula is C18H19F3N2O3. The number of amides is 1. The van der Waals surface area contributed by atoms with Gasteiger partial charge in [0, 0.05) is 11.7 Å². The van der Waals surface area contributed by atoms with Crippen molar-refractivity contribution in [2.24, 2.45) is 0 Å². The summed E-state index contributed by atoms with van der Waals surface area (Å²) in [4.78, 5) is 26.9. The Kier molecular flexibility index (Phi) is 6.20. The summed E-state index contributed by atoms with van der Waals surface area (Å²) in [5, 5.41) is 2.44. The van der Waals surface area contributed by atoms with E-state index in [-0.39, 0.29) is 12.2 Å². The molecule has 1 atom stereocenters. The van der Waals surface area contributed by atoms with Gasteiger partial charge in [0.25, 0.3) is 11.5 Å². The average molecular weight is 368 g/mol. The number of alkyl halides is 3. The van der Waals surface area contributed by atoms with Gasteiger partial charge >= 0.3 is 6.18 Å². The highest BCUT2D eigenvalue weighted by molar-refractivity contribution is 5.94. The van der Waals surface area contributed by atoms with E-state index in [0.29, 0.717) is 5.69 Å². The maximum atomic E-state index is 12.2. The Morgan fingerprint density at radius 2 is 2.00 bits per heavy atom. The Balaban J connectivity index is 2.02. The van der Waals surface area contributed by atoms with E-state index in [0.717, 1.165) is 11.1 Å². The van der Waals surface area contributed by atoms with Crippen LogP contribution in [0.4, 0.5) is 13.2 Å². The fourth-order valence-electron chi connectivity index (χ4n) is 2.33. The third-order valence-corrected chi connectivity index (χ3v) is 3.49. The van der Waals surface area contributed by atoms with Crippen LogP contribution in [0.2, 0.25) is 0 Å². The van der Waals surface area contributed by atoms with Gasteiger partial charge < -0.3 is 15.0 Å². The van der Waals surface area contributed by atoms with E-state index in [9.17, 15) is 22.8 Å². The molecule has 1 aromatic heterocycles. The van der Waals surface area contributed by atoms with Crippen molar-refractivity contribution in [2.45, 2.75) is 26.1 Å². The Morgan fingerprint density at radius 1 is 1.27 bits per heavy atom. The zero-order valence-electron chi connectivity index (χ0n) is 14.3. The van der Waals surface area contributed by atoms with Crippen molar-refractivity contribution in [1.82, 2.24) is 10.3 Å². The Labute approximate surface area is 148 Å². The molecule has 0 saturated heterocycles. The molecule has 0 unspecified atom stereocenters. The van der Waals surface area contributed by atoms with Crippen molar-refractivity contribution in [2.75, 3.05) is 13.2 Å². The van der Waals surface area contributed by atoms with Crippen LogP contribution in [0.1, 0.15) is 22.8 Å². The Morgan fingerprint density at radius 3 is 2.62 bits per heavy atom. The van der Waals surface area contributed by atoms with Crippen LogP contribution < -0.4 is 10.9 Å². The molecule has 2 rings (SSSR count). The van der Waals surface area contributed by atoms with Crippen LogP contribution in [0, 0.1) is 6.92 Å². The molecule has 26 heavy (non-hydrogen) atoms.